The number of anilines is 1. The smallest absolute Gasteiger partial charge is 0.152 e. The van der Waals surface area contributed by atoms with Crippen LogP contribution < -0.4 is 10.6 Å². The van der Waals surface area contributed by atoms with Gasteiger partial charge in [0.2, 0.25) is 0 Å². The molecule has 5 nitrogen and oxygen atoms in total. The highest BCUT2D eigenvalue weighted by Crippen LogP contribution is 2.20. The maximum atomic E-state index is 4.46. The van der Waals surface area contributed by atoms with Gasteiger partial charge in [-0.1, -0.05) is 0 Å². The number of aryl methyl sites for hydroxylation is 1. The molecule has 2 aromatic rings. The van der Waals surface area contributed by atoms with Crippen LogP contribution in [0.25, 0.3) is 5.52 Å². The third-order valence-corrected chi connectivity index (χ3v) is 3.92. The third kappa shape index (κ3) is 2.56. The van der Waals surface area contributed by atoms with Gasteiger partial charge >= 0.3 is 0 Å². The molecule has 5 heteroatoms. The Bertz CT molecular complexity index is 556. The number of nitrogens with one attached hydrogen (secondary N) is 2. The number of aromatic nitrogens is 3. The van der Waals surface area contributed by atoms with Gasteiger partial charge in [0.05, 0.1) is 5.69 Å². The molecule has 1 aliphatic rings. The summed E-state index contributed by atoms with van der Waals surface area (Å²) in [5.41, 5.74) is 2.07. The van der Waals surface area contributed by atoms with Crippen molar-refractivity contribution in [3.05, 3.63) is 24.2 Å². The van der Waals surface area contributed by atoms with Crippen molar-refractivity contribution >= 4 is 11.3 Å². The second-order valence-corrected chi connectivity index (χ2v) is 5.43. The highest BCUT2D eigenvalue weighted by Gasteiger charge is 2.20. The summed E-state index contributed by atoms with van der Waals surface area (Å²) in [4.78, 5) is 4.46. The van der Waals surface area contributed by atoms with E-state index in [0.717, 1.165) is 30.1 Å². The lowest BCUT2D eigenvalue weighted by Gasteiger charge is -2.29. The van der Waals surface area contributed by atoms with Crippen molar-refractivity contribution in [3.63, 3.8) is 0 Å². The Labute approximate surface area is 113 Å². The predicted molar refractivity (Wildman–Crippen MR) is 76.4 cm³/mol. The minimum atomic E-state index is 0.418. The molecule has 2 unspecified atom stereocenters. The third-order valence-electron chi connectivity index (χ3n) is 3.92. The molecule has 1 saturated heterocycles. The molecule has 102 valence electrons. The Morgan fingerprint density at radius 3 is 3.21 bits per heavy atom. The van der Waals surface area contributed by atoms with Gasteiger partial charge in [-0.2, -0.15) is 5.10 Å². The SMILES string of the molecule is Cc1cc2c(NC(C)C3CCCNC3)nccn2n1. The molecule has 1 aliphatic heterocycles. The molecule has 2 atom stereocenters. The van der Waals surface area contributed by atoms with E-state index >= 15 is 0 Å². The summed E-state index contributed by atoms with van der Waals surface area (Å²) < 4.78 is 1.89. The first-order chi connectivity index (χ1) is 9.24. The molecule has 0 aromatic carbocycles. The van der Waals surface area contributed by atoms with Crippen LogP contribution in [0, 0.1) is 12.8 Å². The minimum absolute atomic E-state index is 0.418. The summed E-state index contributed by atoms with van der Waals surface area (Å²) >= 11 is 0. The Hall–Kier alpha value is -1.62. The maximum absolute atomic E-state index is 4.46. The zero-order chi connectivity index (χ0) is 13.2. The highest BCUT2D eigenvalue weighted by molar-refractivity contribution is 5.67. The second kappa shape index (κ2) is 5.17. The number of fused-ring (bicyclic) bond motifs is 1. The molecule has 19 heavy (non-hydrogen) atoms. The van der Waals surface area contributed by atoms with Gasteiger partial charge in [0, 0.05) is 18.4 Å². The summed E-state index contributed by atoms with van der Waals surface area (Å²) in [6, 6.07) is 2.49. The quantitative estimate of drug-likeness (QED) is 0.883. The average molecular weight is 259 g/mol. The van der Waals surface area contributed by atoms with Crippen molar-refractivity contribution in [2.75, 3.05) is 18.4 Å². The van der Waals surface area contributed by atoms with E-state index in [0.29, 0.717) is 12.0 Å². The summed E-state index contributed by atoms with van der Waals surface area (Å²) in [5, 5.41) is 11.4. The zero-order valence-corrected chi connectivity index (χ0v) is 11.6. The molecular formula is C14H21N5. The van der Waals surface area contributed by atoms with Crippen LogP contribution in [0.1, 0.15) is 25.5 Å². The molecule has 0 bridgehead atoms. The Morgan fingerprint density at radius 2 is 2.42 bits per heavy atom. The Morgan fingerprint density at radius 1 is 1.53 bits per heavy atom. The standard InChI is InChI=1S/C14H21N5/c1-10-8-13-14(16-6-7-19(13)18-10)17-11(2)12-4-3-5-15-9-12/h6-8,11-12,15H,3-5,9H2,1-2H3,(H,16,17). The normalized spacial score (nSPS) is 21.5. The van der Waals surface area contributed by atoms with Gasteiger partial charge in [-0.05, 0) is 51.8 Å². The van der Waals surface area contributed by atoms with Crippen molar-refractivity contribution in [1.29, 1.82) is 0 Å². The second-order valence-electron chi connectivity index (χ2n) is 5.43. The van der Waals surface area contributed by atoms with Gasteiger partial charge in [-0.25, -0.2) is 9.50 Å². The van der Waals surface area contributed by atoms with Crippen LogP contribution in [0.2, 0.25) is 0 Å². The van der Waals surface area contributed by atoms with Crippen molar-refractivity contribution in [2.24, 2.45) is 5.92 Å². The zero-order valence-electron chi connectivity index (χ0n) is 11.6. The van der Waals surface area contributed by atoms with Gasteiger partial charge in [0.1, 0.15) is 5.52 Å². The van der Waals surface area contributed by atoms with Crippen LogP contribution in [0.3, 0.4) is 0 Å². The molecule has 3 rings (SSSR count). The molecule has 0 saturated carbocycles. The van der Waals surface area contributed by atoms with Crippen molar-refractivity contribution in [3.8, 4) is 0 Å². The Kier molecular flexibility index (Phi) is 3.38. The molecule has 2 aromatic heterocycles. The van der Waals surface area contributed by atoms with Gasteiger partial charge in [-0.3, -0.25) is 0 Å². The van der Waals surface area contributed by atoms with E-state index in [2.05, 4.69) is 33.7 Å². The van der Waals surface area contributed by atoms with Gasteiger partial charge in [-0.15, -0.1) is 0 Å². The van der Waals surface area contributed by atoms with E-state index in [1.54, 1.807) is 6.20 Å². The first-order valence-corrected chi connectivity index (χ1v) is 7.02. The van der Waals surface area contributed by atoms with Crippen LogP contribution in [0.4, 0.5) is 5.82 Å². The van der Waals surface area contributed by atoms with E-state index in [-0.39, 0.29) is 0 Å². The highest BCUT2D eigenvalue weighted by atomic mass is 15.2. The molecule has 3 heterocycles. The average Bonchev–Trinajstić information content (AvgIpc) is 2.81. The molecule has 0 radical (unpaired) electrons. The monoisotopic (exact) mass is 259 g/mol. The fourth-order valence-electron chi connectivity index (χ4n) is 2.79. The fraction of sp³-hybridized carbons (Fsp3) is 0.571. The van der Waals surface area contributed by atoms with E-state index in [9.17, 15) is 0 Å². The minimum Gasteiger partial charge on any atom is -0.366 e. The number of nitrogens with zero attached hydrogens (tertiary/aromatic N) is 3. The summed E-state index contributed by atoms with van der Waals surface area (Å²) in [6.45, 7) is 6.49. The fourth-order valence-corrected chi connectivity index (χ4v) is 2.79. The van der Waals surface area contributed by atoms with Crippen LogP contribution in [0.15, 0.2) is 18.5 Å². The van der Waals surface area contributed by atoms with Gasteiger partial charge in [0.15, 0.2) is 5.82 Å². The molecular weight excluding hydrogens is 238 g/mol. The van der Waals surface area contributed by atoms with E-state index < -0.39 is 0 Å². The van der Waals surface area contributed by atoms with E-state index in [1.807, 2.05) is 17.6 Å². The lowest BCUT2D eigenvalue weighted by atomic mass is 9.93. The van der Waals surface area contributed by atoms with Crippen LogP contribution in [0.5, 0.6) is 0 Å². The van der Waals surface area contributed by atoms with E-state index in [1.165, 1.54) is 12.8 Å². The van der Waals surface area contributed by atoms with Gasteiger partial charge in [0.25, 0.3) is 0 Å². The van der Waals surface area contributed by atoms with Crippen molar-refractivity contribution in [2.45, 2.75) is 32.7 Å². The molecule has 2 N–H and O–H groups in total. The number of rotatable bonds is 3. The van der Waals surface area contributed by atoms with Crippen LogP contribution in [-0.4, -0.2) is 33.7 Å². The van der Waals surface area contributed by atoms with Gasteiger partial charge < -0.3 is 10.6 Å². The first-order valence-electron chi connectivity index (χ1n) is 7.02. The number of piperidine rings is 1. The molecule has 0 spiro atoms. The van der Waals surface area contributed by atoms with E-state index in [4.69, 9.17) is 0 Å². The maximum Gasteiger partial charge on any atom is 0.152 e. The topological polar surface area (TPSA) is 54.2 Å². The molecule has 0 aliphatic carbocycles. The van der Waals surface area contributed by atoms with Crippen LogP contribution >= 0.6 is 0 Å². The molecule has 0 amide bonds. The summed E-state index contributed by atoms with van der Waals surface area (Å²) in [6.07, 6.45) is 6.23. The Balaban J connectivity index is 1.80. The lowest BCUT2D eigenvalue weighted by molar-refractivity contribution is 0.346. The number of hydrogen-bond acceptors (Lipinski definition) is 4. The summed E-state index contributed by atoms with van der Waals surface area (Å²) in [7, 11) is 0. The predicted octanol–water partition coefficient (Wildman–Crippen LogP) is 1.84. The first kappa shape index (κ1) is 12.4. The summed E-state index contributed by atoms with van der Waals surface area (Å²) in [5.74, 6) is 1.60. The van der Waals surface area contributed by atoms with Crippen molar-refractivity contribution < 1.29 is 0 Å². The van der Waals surface area contributed by atoms with Crippen molar-refractivity contribution in [1.82, 2.24) is 19.9 Å². The lowest BCUT2D eigenvalue weighted by Crippen LogP contribution is -2.39. The van der Waals surface area contributed by atoms with Crippen LogP contribution in [-0.2, 0) is 0 Å². The molecule has 1 fully saturated rings. The number of hydrogen-bond donors (Lipinski definition) is 2. The largest absolute Gasteiger partial charge is 0.366 e.